The number of thioether (sulfide) groups is 2. The molecule has 0 saturated carbocycles. The minimum atomic E-state index is 0.121. The van der Waals surface area contributed by atoms with Crippen molar-refractivity contribution in [1.82, 2.24) is 0 Å². The third-order valence-corrected chi connectivity index (χ3v) is 15.3. The monoisotopic (exact) mass is 755 g/mol. The van der Waals surface area contributed by atoms with E-state index in [4.69, 9.17) is 0 Å². The van der Waals surface area contributed by atoms with Crippen molar-refractivity contribution in [3.05, 3.63) is 54.3 Å². The molecule has 1 atom stereocenters. The topological polar surface area (TPSA) is 0 Å². The summed E-state index contributed by atoms with van der Waals surface area (Å²) in [5, 5.41) is 5.15. The molecular formula is C48H82S3. The highest BCUT2D eigenvalue weighted by Gasteiger charge is 2.47. The first-order valence-corrected chi connectivity index (χ1v) is 25.5. The van der Waals surface area contributed by atoms with Crippen LogP contribution in [0.5, 0.6) is 0 Å². The molecule has 0 spiro atoms. The highest BCUT2D eigenvalue weighted by Crippen LogP contribution is 2.61. The van der Waals surface area contributed by atoms with E-state index >= 15 is 0 Å². The predicted octanol–water partition coefficient (Wildman–Crippen LogP) is 18.2. The molecule has 51 heavy (non-hydrogen) atoms. The van der Waals surface area contributed by atoms with E-state index in [0.29, 0.717) is 0 Å². The normalized spacial score (nSPS) is 19.0. The largest absolute Gasteiger partial charge is 0.147 e. The molecule has 3 heteroatoms. The fourth-order valence-corrected chi connectivity index (χ4v) is 12.6. The summed E-state index contributed by atoms with van der Waals surface area (Å²) in [6.45, 7) is 9.37. The minimum absolute atomic E-state index is 0.121. The summed E-state index contributed by atoms with van der Waals surface area (Å²) < 4.78 is 0. The molecular weight excluding hydrogens is 673 g/mol. The summed E-state index contributed by atoms with van der Waals surface area (Å²) in [7, 11) is 0. The van der Waals surface area contributed by atoms with Gasteiger partial charge in [0, 0.05) is 20.4 Å². The second-order valence-electron chi connectivity index (χ2n) is 16.1. The first kappa shape index (κ1) is 45.0. The maximum atomic E-state index is 2.68. The molecule has 0 radical (unpaired) electrons. The Kier molecular flexibility index (Phi) is 25.6. The molecule has 2 aliphatic heterocycles. The third kappa shape index (κ3) is 16.1. The van der Waals surface area contributed by atoms with Gasteiger partial charge in [0.2, 0.25) is 0 Å². The highest BCUT2D eigenvalue weighted by atomic mass is 32.2. The first-order valence-electron chi connectivity index (χ1n) is 22.7. The number of unbranched alkanes of at least 4 members (excludes halogenated alkanes) is 24. The van der Waals surface area contributed by atoms with Crippen LogP contribution in [-0.2, 0) is 11.8 Å². The number of aryl methyl sites for hydroxylation is 1. The Labute approximate surface area is 331 Å². The summed E-state index contributed by atoms with van der Waals surface area (Å²) in [4.78, 5) is 5.19. The van der Waals surface area contributed by atoms with Crippen molar-refractivity contribution in [2.45, 2.75) is 239 Å². The Hall–Kier alpha value is -0.380. The van der Waals surface area contributed by atoms with E-state index in [-0.39, 0.29) is 5.41 Å². The Morgan fingerprint density at radius 3 is 1.57 bits per heavy atom. The average molecular weight is 755 g/mol. The lowest BCUT2D eigenvalue weighted by Gasteiger charge is -2.36. The van der Waals surface area contributed by atoms with Gasteiger partial charge in [-0.2, -0.15) is 0 Å². The van der Waals surface area contributed by atoms with E-state index in [0.717, 1.165) is 0 Å². The molecule has 1 aromatic heterocycles. The highest BCUT2D eigenvalue weighted by molar-refractivity contribution is 8.09. The molecule has 3 heterocycles. The lowest BCUT2D eigenvalue weighted by Crippen LogP contribution is -2.29. The van der Waals surface area contributed by atoms with E-state index in [2.05, 4.69) is 85.5 Å². The van der Waals surface area contributed by atoms with Crippen molar-refractivity contribution in [2.24, 2.45) is 0 Å². The maximum Gasteiger partial charge on any atom is 0.0589 e. The number of hydrogen-bond donors (Lipinski definition) is 0. The zero-order valence-electron chi connectivity index (χ0n) is 34.4. The summed E-state index contributed by atoms with van der Waals surface area (Å²) in [5.41, 5.74) is 5.29. The van der Waals surface area contributed by atoms with Crippen LogP contribution < -0.4 is 0 Å². The van der Waals surface area contributed by atoms with Crippen molar-refractivity contribution < 1.29 is 0 Å². The molecule has 0 N–H and O–H groups in total. The summed E-state index contributed by atoms with van der Waals surface area (Å²) >= 11 is 6.46. The first-order chi connectivity index (χ1) is 25.2. The van der Waals surface area contributed by atoms with Gasteiger partial charge in [-0.3, -0.25) is 0 Å². The Bertz CT molecular complexity index is 1110. The van der Waals surface area contributed by atoms with E-state index < -0.39 is 0 Å². The van der Waals surface area contributed by atoms with Crippen LogP contribution in [0.3, 0.4) is 0 Å². The van der Waals surface area contributed by atoms with E-state index in [1.165, 1.54) is 211 Å². The van der Waals surface area contributed by atoms with Crippen molar-refractivity contribution in [3.63, 3.8) is 0 Å². The van der Waals surface area contributed by atoms with Crippen LogP contribution in [0, 0.1) is 0 Å². The summed E-state index contributed by atoms with van der Waals surface area (Å²) in [6.07, 6.45) is 47.1. The van der Waals surface area contributed by atoms with Crippen LogP contribution in [0.2, 0.25) is 0 Å². The third-order valence-electron chi connectivity index (χ3n) is 11.7. The molecule has 0 amide bonds. The van der Waals surface area contributed by atoms with Crippen LogP contribution in [0.25, 0.3) is 0 Å². The SMILES string of the molecule is CCCCCCCCCCCCC1=CCSC1=C1SC=C(CCCCCC)C1(CCCCCC)c1sccc1CCCCCCCCCCCC. The molecule has 0 bridgehead atoms. The van der Waals surface area contributed by atoms with Gasteiger partial charge >= 0.3 is 0 Å². The number of hydrogen-bond acceptors (Lipinski definition) is 3. The molecule has 0 aliphatic carbocycles. The zero-order valence-corrected chi connectivity index (χ0v) is 36.8. The Morgan fingerprint density at radius 2 is 1.00 bits per heavy atom. The van der Waals surface area contributed by atoms with Gasteiger partial charge in [-0.05, 0) is 78.5 Å². The van der Waals surface area contributed by atoms with E-state index in [9.17, 15) is 0 Å². The van der Waals surface area contributed by atoms with Gasteiger partial charge in [0.05, 0.1) is 5.41 Å². The molecule has 1 unspecified atom stereocenters. The Morgan fingerprint density at radius 1 is 0.529 bits per heavy atom. The zero-order chi connectivity index (χ0) is 36.2. The van der Waals surface area contributed by atoms with Crippen LogP contribution in [0.1, 0.15) is 237 Å². The molecule has 0 saturated heterocycles. The standard InChI is InChI=1S/C48H82S3/c1-5-9-13-17-19-21-23-25-27-29-33-42-36-39-49-45(42)47-48(38-32-16-12-8-4,44(41-51-47)35-31-15-11-7-3)46-43(37-40-50-46)34-30-28-26-24-22-20-18-14-10-6-2/h36-37,40-41H,5-35,38-39H2,1-4H3. The average Bonchev–Trinajstić information content (AvgIpc) is 3.89. The van der Waals surface area contributed by atoms with Gasteiger partial charge in [-0.1, -0.05) is 194 Å². The van der Waals surface area contributed by atoms with Gasteiger partial charge in [-0.25, -0.2) is 0 Å². The fraction of sp³-hybridized carbons (Fsp3) is 0.792. The number of thiophene rings is 1. The summed E-state index contributed by atoms with van der Waals surface area (Å²) in [5.74, 6) is 1.18. The van der Waals surface area contributed by atoms with Gasteiger partial charge in [0.25, 0.3) is 0 Å². The van der Waals surface area contributed by atoms with Crippen molar-refractivity contribution in [1.29, 1.82) is 0 Å². The molecule has 2 aliphatic rings. The molecule has 0 aromatic carbocycles. The molecule has 3 rings (SSSR count). The van der Waals surface area contributed by atoms with Crippen LogP contribution >= 0.6 is 34.9 Å². The van der Waals surface area contributed by atoms with Gasteiger partial charge in [0.1, 0.15) is 0 Å². The maximum absolute atomic E-state index is 2.68. The Balaban J connectivity index is 1.74. The number of rotatable bonds is 33. The van der Waals surface area contributed by atoms with Gasteiger partial charge in [-0.15, -0.1) is 34.9 Å². The van der Waals surface area contributed by atoms with Crippen molar-refractivity contribution >= 4 is 34.9 Å². The van der Waals surface area contributed by atoms with Crippen LogP contribution in [0.4, 0.5) is 0 Å². The molecule has 292 valence electrons. The van der Waals surface area contributed by atoms with Crippen LogP contribution in [-0.4, -0.2) is 5.75 Å². The van der Waals surface area contributed by atoms with Crippen molar-refractivity contribution in [2.75, 3.05) is 5.75 Å². The van der Waals surface area contributed by atoms with Crippen LogP contribution in [0.15, 0.2) is 43.9 Å². The van der Waals surface area contributed by atoms with Gasteiger partial charge < -0.3 is 0 Å². The van der Waals surface area contributed by atoms with E-state index in [1.807, 2.05) is 0 Å². The van der Waals surface area contributed by atoms with Crippen molar-refractivity contribution in [3.8, 4) is 0 Å². The second-order valence-corrected chi connectivity index (χ2v) is 19.0. The lowest BCUT2D eigenvalue weighted by molar-refractivity contribution is 0.492. The molecule has 0 fully saturated rings. The predicted molar refractivity (Wildman–Crippen MR) is 239 cm³/mol. The summed E-state index contributed by atoms with van der Waals surface area (Å²) in [6, 6.07) is 2.55. The lowest BCUT2D eigenvalue weighted by atomic mass is 9.71. The molecule has 0 nitrogen and oxygen atoms in total. The smallest absolute Gasteiger partial charge is 0.0589 e. The number of allylic oxidation sites excluding steroid dienone is 3. The minimum Gasteiger partial charge on any atom is -0.147 e. The second kappa shape index (κ2) is 29.0. The van der Waals surface area contributed by atoms with Gasteiger partial charge in [0.15, 0.2) is 0 Å². The van der Waals surface area contributed by atoms with E-state index in [1.54, 1.807) is 31.4 Å². The quantitative estimate of drug-likeness (QED) is 0.0656. The fourth-order valence-electron chi connectivity index (χ4n) is 8.54. The molecule has 1 aromatic rings.